The first-order chi connectivity index (χ1) is 27.4. The van der Waals surface area contributed by atoms with Gasteiger partial charge in [0.05, 0.1) is 38.5 Å². The van der Waals surface area contributed by atoms with Crippen LogP contribution in [0, 0.1) is 29.0 Å². The Morgan fingerprint density at radius 1 is 1.09 bits per heavy atom. The minimum absolute atomic E-state index is 0.0831. The summed E-state index contributed by atoms with van der Waals surface area (Å²) in [6.45, 7) is 13.5. The number of halogens is 4. The quantitative estimate of drug-likeness (QED) is 0.0821. The summed E-state index contributed by atoms with van der Waals surface area (Å²) in [6, 6.07) is 4.54. The van der Waals surface area contributed by atoms with Crippen molar-refractivity contribution in [2.75, 3.05) is 43.5 Å². The number of anilines is 2. The van der Waals surface area contributed by atoms with Crippen LogP contribution in [0.25, 0.3) is 32.9 Å². The van der Waals surface area contributed by atoms with E-state index in [1.54, 1.807) is 24.0 Å². The molecule has 2 aromatic carbocycles. The lowest BCUT2D eigenvalue weighted by atomic mass is 9.94. The topological polar surface area (TPSA) is 89.6 Å². The Labute approximate surface area is 330 Å². The smallest absolute Gasteiger partial charge is 0.319 e. The van der Waals surface area contributed by atoms with E-state index < -0.39 is 68.2 Å². The van der Waals surface area contributed by atoms with E-state index in [1.807, 2.05) is 4.90 Å². The molecular formula is C43H52F4N6O2Si. The van der Waals surface area contributed by atoms with Crippen LogP contribution in [0.15, 0.2) is 30.5 Å². The van der Waals surface area contributed by atoms with E-state index in [0.29, 0.717) is 35.8 Å². The van der Waals surface area contributed by atoms with E-state index in [0.717, 1.165) is 0 Å². The van der Waals surface area contributed by atoms with Crippen molar-refractivity contribution in [1.29, 1.82) is 0 Å². The summed E-state index contributed by atoms with van der Waals surface area (Å²) in [5.74, 6) is 1.48. The zero-order chi connectivity index (χ0) is 41.6. The monoisotopic (exact) mass is 790 g/mol. The number of benzene rings is 2. The molecular weight excluding hydrogens is 737 g/mol. The summed E-state index contributed by atoms with van der Waals surface area (Å²) < 4.78 is 94.3. The van der Waals surface area contributed by atoms with Gasteiger partial charge in [-0.05, 0) is 66.5 Å². The Morgan fingerprint density at radius 2 is 1.84 bits per heavy atom. The van der Waals surface area contributed by atoms with E-state index in [4.69, 9.17) is 15.2 Å². The largest absolute Gasteiger partial charge is 0.461 e. The fraction of sp³-hybridized carbons (Fsp3) is 0.558. The highest BCUT2D eigenvalue weighted by Crippen LogP contribution is 2.47. The molecule has 6 atom stereocenters. The highest BCUT2D eigenvalue weighted by atomic mass is 28.3. The Hall–Kier alpha value is -3.99. The highest BCUT2D eigenvalue weighted by Gasteiger charge is 2.57. The summed E-state index contributed by atoms with van der Waals surface area (Å²) in [4.78, 5) is 17.2. The van der Waals surface area contributed by atoms with Crippen LogP contribution < -0.4 is 15.4 Å². The lowest BCUT2D eigenvalue weighted by Gasteiger charge is -2.38. The van der Waals surface area contributed by atoms with Crippen molar-refractivity contribution in [2.45, 2.75) is 114 Å². The van der Waals surface area contributed by atoms with Crippen molar-refractivity contribution in [2.24, 2.45) is 5.92 Å². The molecule has 3 saturated heterocycles. The van der Waals surface area contributed by atoms with Crippen molar-refractivity contribution < 1.29 is 29.8 Å². The van der Waals surface area contributed by atoms with Crippen LogP contribution in [-0.4, -0.2) is 90.8 Å². The molecule has 13 heteroatoms. The van der Waals surface area contributed by atoms with Crippen molar-refractivity contribution in [3.63, 3.8) is 0 Å². The highest BCUT2D eigenvalue weighted by molar-refractivity contribution is 6.90. The van der Waals surface area contributed by atoms with Gasteiger partial charge < -0.3 is 20.1 Å². The lowest BCUT2D eigenvalue weighted by Crippen LogP contribution is -2.46. The van der Waals surface area contributed by atoms with E-state index in [1.165, 1.54) is 18.3 Å². The lowest BCUT2D eigenvalue weighted by molar-refractivity contribution is 0.0879. The Bertz CT molecular complexity index is 2320. The molecule has 298 valence electrons. The second-order valence-electron chi connectivity index (χ2n) is 17.1. The molecule has 0 bridgehead atoms. The average Bonchev–Trinajstić information content (AvgIpc) is 3.56. The summed E-state index contributed by atoms with van der Waals surface area (Å²) >= 11 is 0. The van der Waals surface area contributed by atoms with Gasteiger partial charge in [-0.1, -0.05) is 53.5 Å². The number of nitrogens with zero attached hydrogens (tertiary/aromatic N) is 5. The zero-order valence-electron chi connectivity index (χ0n) is 35.1. The van der Waals surface area contributed by atoms with E-state index in [9.17, 15) is 2.74 Å². The molecule has 4 fully saturated rings. The number of nitrogens with two attached hydrogens (primary N) is 1. The third-order valence-electron chi connectivity index (χ3n) is 13.1. The Kier molecular flexibility index (Phi) is 9.37. The summed E-state index contributed by atoms with van der Waals surface area (Å²) in [7, 11) is -2.33. The second kappa shape index (κ2) is 14.4. The van der Waals surface area contributed by atoms with Gasteiger partial charge in [-0.15, -0.1) is 5.54 Å². The summed E-state index contributed by atoms with van der Waals surface area (Å²) in [5, 5.41) is 1.04. The number of nitrogen functional groups attached to an aromatic ring is 1. The first-order valence-electron chi connectivity index (χ1n) is 20.9. The number of alkyl halides is 2. The zero-order valence-corrected chi connectivity index (χ0v) is 34.1. The van der Waals surface area contributed by atoms with Crippen LogP contribution in [0.2, 0.25) is 16.6 Å². The van der Waals surface area contributed by atoms with Crippen molar-refractivity contribution in [1.82, 2.24) is 19.9 Å². The van der Waals surface area contributed by atoms with Crippen LogP contribution in [0.3, 0.4) is 0 Å². The maximum atomic E-state index is 17.5. The third kappa shape index (κ3) is 6.22. The fourth-order valence-corrected chi connectivity index (χ4v) is 15.4. The maximum absolute atomic E-state index is 17.5. The predicted octanol–water partition coefficient (Wildman–Crippen LogP) is 8.79. The van der Waals surface area contributed by atoms with E-state index >= 15 is 17.6 Å². The predicted molar refractivity (Wildman–Crippen MR) is 216 cm³/mol. The van der Waals surface area contributed by atoms with Gasteiger partial charge in [0.1, 0.15) is 49.8 Å². The molecule has 4 aliphatic rings. The summed E-state index contributed by atoms with van der Waals surface area (Å²) in [5.41, 5.74) is 9.74. The molecule has 4 aromatic rings. The molecule has 1 saturated carbocycles. The molecule has 5 heterocycles. The van der Waals surface area contributed by atoms with Crippen LogP contribution in [0.1, 0.15) is 76.0 Å². The first-order valence-corrected chi connectivity index (χ1v) is 22.2. The Balaban J connectivity index is 1.33. The van der Waals surface area contributed by atoms with Gasteiger partial charge in [0, 0.05) is 47.8 Å². The average molecular weight is 791 g/mol. The molecule has 0 spiro atoms. The molecule has 2 N–H and O–H groups in total. The number of rotatable bonds is 8. The minimum atomic E-state index is -2.49. The van der Waals surface area contributed by atoms with Crippen LogP contribution in [-0.2, 0) is 4.74 Å². The maximum Gasteiger partial charge on any atom is 0.319 e. The number of ether oxygens (including phenoxy) is 2. The SMILES string of the molecule is [2H]C([2H])(Oc1nc(N2CCOC[C@H]3[C@H](F)[C@H]32)c2cnc(-c3cc(N)cc4ccc(F)c(C#C[Si](C(C)C)(C(C)C)C(C)C)c34)c(F)c2n1)[C@@]12CCCN1[C@H](C)[C@H](F)C2. The molecule has 1 aliphatic carbocycles. The van der Waals surface area contributed by atoms with Gasteiger partial charge in [-0.3, -0.25) is 9.88 Å². The molecule has 3 aliphatic heterocycles. The normalized spacial score (nSPS) is 27.3. The minimum Gasteiger partial charge on any atom is -0.461 e. The molecule has 8 nitrogen and oxygen atoms in total. The van der Waals surface area contributed by atoms with Gasteiger partial charge in [-0.25, -0.2) is 17.6 Å². The first kappa shape index (κ1) is 36.4. The third-order valence-corrected chi connectivity index (χ3v) is 19.4. The van der Waals surface area contributed by atoms with E-state index in [-0.39, 0.29) is 76.3 Å². The molecule has 56 heavy (non-hydrogen) atoms. The van der Waals surface area contributed by atoms with Crippen molar-refractivity contribution >= 4 is 41.3 Å². The van der Waals surface area contributed by atoms with Crippen LogP contribution >= 0.6 is 0 Å². The van der Waals surface area contributed by atoms with Gasteiger partial charge in [0.25, 0.3) is 0 Å². The van der Waals surface area contributed by atoms with Gasteiger partial charge in [0.2, 0.25) is 0 Å². The molecule has 2 aromatic heterocycles. The molecule has 0 amide bonds. The number of hydrogen-bond acceptors (Lipinski definition) is 8. The Morgan fingerprint density at radius 3 is 2.57 bits per heavy atom. The molecule has 8 rings (SSSR count). The van der Waals surface area contributed by atoms with Crippen molar-refractivity contribution in [3.05, 3.63) is 47.7 Å². The standard InChI is InChI=1S/C43H52F4N6O2Si/c1-23(2)56(24(3)4,25(5)6)16-11-29-33(44)10-9-27-17-28(48)18-30(35(27)29)38-37(47)39-31(20-49-38)41(52-14-15-54-21-32-36(46)40(32)52)51-42(50-39)55-22-43-12-8-13-53(43)26(7)34(45)19-43/h9-10,17-18,20,23-26,32,34,36,40H,8,12-15,19,21-22,48H2,1-7H3/t26-,32+,34-,36+,40+,43+/m1/s1/i22D2. The number of pyridine rings is 1. The van der Waals surface area contributed by atoms with Crippen LogP contribution in [0.4, 0.5) is 29.1 Å². The molecule has 0 radical (unpaired) electrons. The second-order valence-corrected chi connectivity index (χ2v) is 22.7. The summed E-state index contributed by atoms with van der Waals surface area (Å²) in [6.07, 6.45) is -0.170. The number of hydrogen-bond donors (Lipinski definition) is 1. The van der Waals surface area contributed by atoms with Gasteiger partial charge in [-0.2, -0.15) is 9.97 Å². The fourth-order valence-electron chi connectivity index (χ4n) is 10.2. The number of fused-ring (bicyclic) bond motifs is 4. The van der Waals surface area contributed by atoms with Crippen LogP contribution in [0.5, 0.6) is 6.01 Å². The van der Waals surface area contributed by atoms with Crippen molar-refractivity contribution in [3.8, 4) is 28.7 Å². The molecule has 0 unspecified atom stereocenters. The van der Waals surface area contributed by atoms with Gasteiger partial charge in [0.15, 0.2) is 5.82 Å². The number of aromatic nitrogens is 3. The van der Waals surface area contributed by atoms with Gasteiger partial charge >= 0.3 is 6.01 Å². The van der Waals surface area contributed by atoms with E-state index in [2.05, 4.69) is 68.0 Å².